The highest BCUT2D eigenvalue weighted by atomic mass is 127. The molecule has 0 saturated carbocycles. The van der Waals surface area contributed by atoms with Crippen LogP contribution in [-0.4, -0.2) is 16.1 Å². The Morgan fingerprint density at radius 1 is 1.39 bits per heavy atom. The second-order valence-electron chi connectivity index (χ2n) is 3.57. The van der Waals surface area contributed by atoms with Crippen LogP contribution in [0.5, 0.6) is 0 Å². The number of pyridine rings is 1. The van der Waals surface area contributed by atoms with E-state index in [0.717, 1.165) is 9.26 Å². The SMILES string of the molecule is Nc1cc(C(=O)O)cnc1Nc1ccccc1I. The van der Waals surface area contributed by atoms with Crippen molar-refractivity contribution in [3.63, 3.8) is 0 Å². The van der Waals surface area contributed by atoms with Gasteiger partial charge < -0.3 is 16.2 Å². The predicted molar refractivity (Wildman–Crippen MR) is 78.1 cm³/mol. The smallest absolute Gasteiger partial charge is 0.337 e. The molecule has 2 aromatic rings. The van der Waals surface area contributed by atoms with Gasteiger partial charge in [0.15, 0.2) is 5.82 Å². The number of aromatic nitrogens is 1. The first-order valence-corrected chi connectivity index (χ1v) is 6.16. The highest BCUT2D eigenvalue weighted by Gasteiger charge is 2.08. The van der Waals surface area contributed by atoms with E-state index < -0.39 is 5.97 Å². The summed E-state index contributed by atoms with van der Waals surface area (Å²) in [4.78, 5) is 14.8. The van der Waals surface area contributed by atoms with Crippen molar-refractivity contribution in [2.45, 2.75) is 0 Å². The molecule has 5 nitrogen and oxygen atoms in total. The maximum Gasteiger partial charge on any atom is 0.337 e. The Hall–Kier alpha value is -1.83. The zero-order valence-electron chi connectivity index (χ0n) is 9.22. The number of carboxylic acids is 1. The molecule has 92 valence electrons. The van der Waals surface area contributed by atoms with Gasteiger partial charge in [-0.15, -0.1) is 0 Å². The van der Waals surface area contributed by atoms with Gasteiger partial charge in [-0.05, 0) is 40.8 Å². The van der Waals surface area contributed by atoms with Crippen LogP contribution in [0.3, 0.4) is 0 Å². The Bertz CT molecular complexity index is 602. The molecule has 0 aliphatic rings. The van der Waals surface area contributed by atoms with Crippen molar-refractivity contribution in [3.8, 4) is 0 Å². The fraction of sp³-hybridized carbons (Fsp3) is 0. The number of para-hydroxylation sites is 1. The van der Waals surface area contributed by atoms with Gasteiger partial charge in [-0.3, -0.25) is 0 Å². The number of carboxylic acid groups (broad SMARTS) is 1. The Labute approximate surface area is 117 Å². The summed E-state index contributed by atoms with van der Waals surface area (Å²) in [6, 6.07) is 9.05. The number of nitrogens with zero attached hydrogens (tertiary/aromatic N) is 1. The van der Waals surface area contributed by atoms with E-state index in [1.165, 1.54) is 12.3 Å². The number of rotatable bonds is 3. The zero-order chi connectivity index (χ0) is 13.1. The maximum absolute atomic E-state index is 10.8. The van der Waals surface area contributed by atoms with Gasteiger partial charge in [0.2, 0.25) is 0 Å². The van der Waals surface area contributed by atoms with Crippen LogP contribution in [0.2, 0.25) is 0 Å². The van der Waals surface area contributed by atoms with E-state index in [1.54, 1.807) is 0 Å². The second kappa shape index (κ2) is 5.21. The van der Waals surface area contributed by atoms with Crippen molar-refractivity contribution in [1.82, 2.24) is 4.98 Å². The Kier molecular flexibility index (Phi) is 3.66. The van der Waals surface area contributed by atoms with Gasteiger partial charge in [0.25, 0.3) is 0 Å². The lowest BCUT2D eigenvalue weighted by Crippen LogP contribution is -2.04. The topological polar surface area (TPSA) is 88.2 Å². The largest absolute Gasteiger partial charge is 0.478 e. The van der Waals surface area contributed by atoms with Crippen LogP contribution in [0.15, 0.2) is 36.5 Å². The standard InChI is InChI=1S/C12H10IN3O2/c13-8-3-1-2-4-10(8)16-11-9(14)5-7(6-15-11)12(17)18/h1-6H,14H2,(H,15,16)(H,17,18). The lowest BCUT2D eigenvalue weighted by molar-refractivity contribution is 0.0696. The number of nitrogens with two attached hydrogens (primary N) is 1. The number of benzene rings is 1. The molecule has 0 bridgehead atoms. The molecule has 0 amide bonds. The van der Waals surface area contributed by atoms with Crippen molar-refractivity contribution < 1.29 is 9.90 Å². The van der Waals surface area contributed by atoms with Crippen molar-refractivity contribution >= 4 is 45.8 Å². The molecule has 0 radical (unpaired) electrons. The molecule has 18 heavy (non-hydrogen) atoms. The number of nitrogen functional groups attached to an aromatic ring is 1. The molecule has 6 heteroatoms. The summed E-state index contributed by atoms with van der Waals surface area (Å²) in [7, 11) is 0. The number of nitrogens with one attached hydrogen (secondary N) is 1. The Morgan fingerprint density at radius 3 is 2.72 bits per heavy atom. The minimum Gasteiger partial charge on any atom is -0.478 e. The normalized spacial score (nSPS) is 10.1. The summed E-state index contributed by atoms with van der Waals surface area (Å²) < 4.78 is 1.03. The van der Waals surface area contributed by atoms with Crippen molar-refractivity contribution in [3.05, 3.63) is 45.7 Å². The molecule has 0 atom stereocenters. The van der Waals surface area contributed by atoms with Crippen LogP contribution in [-0.2, 0) is 0 Å². The summed E-state index contributed by atoms with van der Waals surface area (Å²) in [5, 5.41) is 11.9. The van der Waals surface area contributed by atoms with Gasteiger partial charge in [-0.25, -0.2) is 9.78 Å². The van der Waals surface area contributed by atoms with Gasteiger partial charge in [-0.1, -0.05) is 12.1 Å². The lowest BCUT2D eigenvalue weighted by Gasteiger charge is -2.10. The summed E-state index contributed by atoms with van der Waals surface area (Å²) in [6.07, 6.45) is 1.27. The third-order valence-corrected chi connectivity index (χ3v) is 3.23. The fourth-order valence-corrected chi connectivity index (χ4v) is 1.92. The lowest BCUT2D eigenvalue weighted by atomic mass is 10.2. The van der Waals surface area contributed by atoms with Crippen LogP contribution < -0.4 is 11.1 Å². The van der Waals surface area contributed by atoms with Gasteiger partial charge in [0.1, 0.15) is 0 Å². The number of aromatic carboxylic acids is 1. The first-order valence-electron chi connectivity index (χ1n) is 5.08. The molecule has 2 rings (SSSR count). The Balaban J connectivity index is 2.30. The summed E-state index contributed by atoms with van der Waals surface area (Å²) >= 11 is 2.19. The average molecular weight is 355 g/mol. The van der Waals surface area contributed by atoms with Gasteiger partial charge in [0, 0.05) is 9.77 Å². The maximum atomic E-state index is 10.8. The van der Waals surface area contributed by atoms with E-state index in [0.29, 0.717) is 11.5 Å². The summed E-state index contributed by atoms with van der Waals surface area (Å²) in [5.74, 6) is -0.598. The summed E-state index contributed by atoms with van der Waals surface area (Å²) in [6.45, 7) is 0. The number of hydrogen-bond acceptors (Lipinski definition) is 4. The van der Waals surface area contributed by atoms with Gasteiger partial charge >= 0.3 is 5.97 Å². The number of halogens is 1. The van der Waals surface area contributed by atoms with Crippen molar-refractivity contribution in [2.24, 2.45) is 0 Å². The van der Waals surface area contributed by atoms with E-state index in [1.807, 2.05) is 24.3 Å². The minimum atomic E-state index is -1.05. The van der Waals surface area contributed by atoms with Crippen LogP contribution in [0.25, 0.3) is 0 Å². The molecule has 0 saturated heterocycles. The first kappa shape index (κ1) is 12.6. The van der Waals surface area contributed by atoms with E-state index in [4.69, 9.17) is 10.8 Å². The van der Waals surface area contributed by atoms with Crippen LogP contribution in [0.1, 0.15) is 10.4 Å². The average Bonchev–Trinajstić information content (AvgIpc) is 2.34. The minimum absolute atomic E-state index is 0.0702. The van der Waals surface area contributed by atoms with E-state index in [-0.39, 0.29) is 5.56 Å². The van der Waals surface area contributed by atoms with Crippen molar-refractivity contribution in [2.75, 3.05) is 11.1 Å². The molecule has 4 N–H and O–H groups in total. The number of carbonyl (C=O) groups is 1. The van der Waals surface area contributed by atoms with E-state index in [2.05, 4.69) is 32.9 Å². The van der Waals surface area contributed by atoms with Crippen LogP contribution in [0, 0.1) is 3.57 Å². The molecular weight excluding hydrogens is 345 g/mol. The van der Waals surface area contributed by atoms with Gasteiger partial charge in [-0.2, -0.15) is 0 Å². The molecule has 1 aromatic heterocycles. The second-order valence-corrected chi connectivity index (χ2v) is 4.73. The molecule has 1 heterocycles. The van der Waals surface area contributed by atoms with Crippen LogP contribution in [0.4, 0.5) is 17.2 Å². The highest BCUT2D eigenvalue weighted by Crippen LogP contribution is 2.24. The monoisotopic (exact) mass is 355 g/mol. The molecule has 0 aliphatic carbocycles. The van der Waals surface area contributed by atoms with Gasteiger partial charge in [0.05, 0.1) is 16.9 Å². The third kappa shape index (κ3) is 2.70. The predicted octanol–water partition coefficient (Wildman–Crippen LogP) is 2.71. The first-order chi connectivity index (χ1) is 8.58. The summed E-state index contributed by atoms with van der Waals surface area (Å²) in [5.41, 5.74) is 7.01. The number of anilines is 3. The molecule has 0 aliphatic heterocycles. The zero-order valence-corrected chi connectivity index (χ0v) is 11.4. The van der Waals surface area contributed by atoms with Crippen molar-refractivity contribution in [1.29, 1.82) is 0 Å². The molecular formula is C12H10IN3O2. The van der Waals surface area contributed by atoms with Crippen LogP contribution >= 0.6 is 22.6 Å². The fourth-order valence-electron chi connectivity index (χ4n) is 1.39. The molecule has 0 spiro atoms. The third-order valence-electron chi connectivity index (χ3n) is 2.29. The molecule has 0 fully saturated rings. The highest BCUT2D eigenvalue weighted by molar-refractivity contribution is 14.1. The quantitative estimate of drug-likeness (QED) is 0.737. The number of hydrogen-bond donors (Lipinski definition) is 3. The van der Waals surface area contributed by atoms with E-state index in [9.17, 15) is 4.79 Å². The Morgan fingerprint density at radius 2 is 2.11 bits per heavy atom. The molecule has 0 unspecified atom stereocenters. The van der Waals surface area contributed by atoms with E-state index >= 15 is 0 Å². The molecule has 1 aromatic carbocycles.